The maximum Gasteiger partial charge on any atom is 0.240 e. The summed E-state index contributed by atoms with van der Waals surface area (Å²) in [5.74, 6) is 0.453. The molecule has 0 spiro atoms. The van der Waals surface area contributed by atoms with Crippen molar-refractivity contribution in [3.63, 3.8) is 0 Å². The largest absolute Gasteiger partial charge is 0.240 e. The molecule has 0 aromatic heterocycles. The van der Waals surface area contributed by atoms with Crippen LogP contribution in [0.5, 0.6) is 0 Å². The summed E-state index contributed by atoms with van der Waals surface area (Å²) < 4.78 is 27.2. The Kier molecular flexibility index (Phi) is 4.23. The maximum absolute atomic E-state index is 12.3. The zero-order valence-electron chi connectivity index (χ0n) is 11.0. The van der Waals surface area contributed by atoms with E-state index in [4.69, 9.17) is 5.26 Å². The lowest BCUT2D eigenvalue weighted by atomic mass is 10.1. The van der Waals surface area contributed by atoms with E-state index in [9.17, 15) is 8.42 Å². The average Bonchev–Trinajstić information content (AvgIpc) is 2.90. The van der Waals surface area contributed by atoms with Gasteiger partial charge in [0.2, 0.25) is 10.0 Å². The lowest BCUT2D eigenvalue weighted by Crippen LogP contribution is -2.29. The molecular weight excluding hydrogens is 260 g/mol. The number of hydrogen-bond donors (Lipinski definition) is 1. The zero-order chi connectivity index (χ0) is 13.9. The van der Waals surface area contributed by atoms with Crippen LogP contribution in [0.3, 0.4) is 0 Å². The van der Waals surface area contributed by atoms with Crippen molar-refractivity contribution in [2.24, 2.45) is 5.92 Å². The van der Waals surface area contributed by atoms with Gasteiger partial charge in [-0.15, -0.1) is 0 Å². The summed E-state index contributed by atoms with van der Waals surface area (Å²) in [6.45, 7) is 2.24. The first-order valence-electron chi connectivity index (χ1n) is 6.53. The molecule has 5 heteroatoms. The molecule has 0 aliphatic heterocycles. The van der Waals surface area contributed by atoms with Crippen LogP contribution in [0.4, 0.5) is 0 Å². The second kappa shape index (κ2) is 5.72. The highest BCUT2D eigenvalue weighted by atomic mass is 32.2. The van der Waals surface area contributed by atoms with Gasteiger partial charge >= 0.3 is 0 Å². The smallest absolute Gasteiger partial charge is 0.211 e. The fraction of sp³-hybridized carbons (Fsp3) is 0.500. The molecule has 0 unspecified atom stereocenters. The van der Waals surface area contributed by atoms with Crippen LogP contribution in [0.2, 0.25) is 0 Å². The van der Waals surface area contributed by atoms with Crippen molar-refractivity contribution in [2.45, 2.75) is 37.5 Å². The molecule has 4 nitrogen and oxygen atoms in total. The SMILES string of the molecule is Cc1ccc(C#N)cc1S(=O)(=O)NCC1CCCC1. The molecule has 1 aliphatic carbocycles. The monoisotopic (exact) mass is 278 g/mol. The normalized spacial score (nSPS) is 16.4. The summed E-state index contributed by atoms with van der Waals surface area (Å²) in [5.41, 5.74) is 1.03. The summed E-state index contributed by atoms with van der Waals surface area (Å²) in [5, 5.41) is 8.86. The highest BCUT2D eigenvalue weighted by Crippen LogP contribution is 2.24. The Balaban J connectivity index is 2.16. The summed E-state index contributed by atoms with van der Waals surface area (Å²) in [4.78, 5) is 0.213. The molecule has 19 heavy (non-hydrogen) atoms. The number of nitriles is 1. The molecule has 0 atom stereocenters. The molecule has 0 saturated heterocycles. The van der Waals surface area contributed by atoms with Gasteiger partial charge in [-0.3, -0.25) is 0 Å². The Morgan fingerprint density at radius 3 is 2.68 bits per heavy atom. The van der Waals surface area contributed by atoms with Gasteiger partial charge in [0.1, 0.15) is 0 Å². The van der Waals surface area contributed by atoms with Crippen LogP contribution in [0.15, 0.2) is 23.1 Å². The fourth-order valence-corrected chi connectivity index (χ4v) is 3.86. The maximum atomic E-state index is 12.3. The number of benzene rings is 1. The predicted molar refractivity (Wildman–Crippen MR) is 73.0 cm³/mol. The third-order valence-corrected chi connectivity index (χ3v) is 5.21. The van der Waals surface area contributed by atoms with Crippen molar-refractivity contribution in [2.75, 3.05) is 6.54 Å². The summed E-state index contributed by atoms with van der Waals surface area (Å²) in [7, 11) is -3.51. The van der Waals surface area contributed by atoms with Crippen molar-refractivity contribution >= 4 is 10.0 Å². The minimum Gasteiger partial charge on any atom is -0.211 e. The second-order valence-corrected chi connectivity index (χ2v) is 6.83. The van der Waals surface area contributed by atoms with Gasteiger partial charge in [-0.1, -0.05) is 18.9 Å². The van der Waals surface area contributed by atoms with E-state index in [0.717, 1.165) is 12.8 Å². The molecule has 1 fully saturated rings. The first-order chi connectivity index (χ1) is 9.03. The number of sulfonamides is 1. The number of hydrogen-bond acceptors (Lipinski definition) is 3. The van der Waals surface area contributed by atoms with E-state index >= 15 is 0 Å². The Labute approximate surface area is 114 Å². The highest BCUT2D eigenvalue weighted by Gasteiger charge is 2.21. The van der Waals surface area contributed by atoms with Crippen molar-refractivity contribution in [3.8, 4) is 6.07 Å². The first kappa shape index (κ1) is 14.0. The van der Waals surface area contributed by atoms with Crippen molar-refractivity contribution in [1.29, 1.82) is 5.26 Å². The van der Waals surface area contributed by atoms with E-state index < -0.39 is 10.0 Å². The van der Waals surface area contributed by atoms with Gasteiger partial charge in [-0.05, 0) is 43.4 Å². The van der Waals surface area contributed by atoms with Crippen molar-refractivity contribution < 1.29 is 8.42 Å². The summed E-state index contributed by atoms with van der Waals surface area (Å²) >= 11 is 0. The van der Waals surface area contributed by atoms with Gasteiger partial charge in [0.05, 0.1) is 16.5 Å². The van der Waals surface area contributed by atoms with Crippen molar-refractivity contribution in [1.82, 2.24) is 4.72 Å². The van der Waals surface area contributed by atoms with E-state index in [1.54, 1.807) is 19.1 Å². The lowest BCUT2D eigenvalue weighted by Gasteiger charge is -2.13. The number of nitrogens with one attached hydrogen (secondary N) is 1. The number of rotatable bonds is 4. The van der Waals surface area contributed by atoms with Gasteiger partial charge in [0, 0.05) is 6.54 Å². The lowest BCUT2D eigenvalue weighted by molar-refractivity contribution is 0.519. The molecule has 1 aromatic carbocycles. The van der Waals surface area contributed by atoms with Crippen LogP contribution in [-0.4, -0.2) is 15.0 Å². The van der Waals surface area contributed by atoms with Gasteiger partial charge in [0.15, 0.2) is 0 Å². The van der Waals surface area contributed by atoms with Crippen molar-refractivity contribution in [3.05, 3.63) is 29.3 Å². The second-order valence-electron chi connectivity index (χ2n) is 5.09. The summed E-state index contributed by atoms with van der Waals surface area (Å²) in [6.07, 6.45) is 4.57. The minimum atomic E-state index is -3.51. The molecule has 1 saturated carbocycles. The van der Waals surface area contributed by atoms with Gasteiger partial charge < -0.3 is 0 Å². The van der Waals surface area contributed by atoms with Gasteiger partial charge in [0.25, 0.3) is 0 Å². The Morgan fingerprint density at radius 1 is 1.37 bits per heavy atom. The van der Waals surface area contributed by atoms with E-state index in [1.165, 1.54) is 18.9 Å². The van der Waals surface area contributed by atoms with Gasteiger partial charge in [-0.25, -0.2) is 13.1 Å². The van der Waals surface area contributed by atoms with E-state index in [2.05, 4.69) is 4.72 Å². The van der Waals surface area contributed by atoms with Crippen LogP contribution in [-0.2, 0) is 10.0 Å². The van der Waals surface area contributed by atoms with Crippen LogP contribution in [0.25, 0.3) is 0 Å². The zero-order valence-corrected chi connectivity index (χ0v) is 11.8. The number of nitrogens with zero attached hydrogens (tertiary/aromatic N) is 1. The minimum absolute atomic E-state index is 0.213. The third-order valence-electron chi connectivity index (χ3n) is 3.64. The summed E-state index contributed by atoms with van der Waals surface area (Å²) in [6, 6.07) is 6.71. The highest BCUT2D eigenvalue weighted by molar-refractivity contribution is 7.89. The van der Waals surface area contributed by atoms with Crippen LogP contribution in [0.1, 0.15) is 36.8 Å². The molecule has 2 rings (SSSR count). The first-order valence-corrected chi connectivity index (χ1v) is 8.01. The van der Waals surface area contributed by atoms with E-state index in [-0.39, 0.29) is 4.90 Å². The molecule has 0 heterocycles. The molecule has 102 valence electrons. The molecule has 1 aliphatic rings. The average molecular weight is 278 g/mol. The predicted octanol–water partition coefficient (Wildman–Crippen LogP) is 2.34. The van der Waals surface area contributed by atoms with Crippen LogP contribution >= 0.6 is 0 Å². The molecular formula is C14H18N2O2S. The molecule has 1 N–H and O–H groups in total. The third kappa shape index (κ3) is 3.34. The van der Waals surface area contributed by atoms with E-state index in [1.807, 2.05) is 6.07 Å². The Bertz CT molecular complexity index is 596. The van der Waals surface area contributed by atoms with Gasteiger partial charge in [-0.2, -0.15) is 5.26 Å². The van der Waals surface area contributed by atoms with Crippen LogP contribution < -0.4 is 4.72 Å². The standard InChI is InChI=1S/C14H18N2O2S/c1-11-6-7-13(9-15)8-14(11)19(17,18)16-10-12-4-2-3-5-12/h6-8,12,16H,2-5,10H2,1H3. The number of aryl methyl sites for hydroxylation is 1. The topological polar surface area (TPSA) is 70.0 Å². The molecule has 0 bridgehead atoms. The quantitative estimate of drug-likeness (QED) is 0.919. The molecule has 1 aromatic rings. The van der Waals surface area contributed by atoms with E-state index in [0.29, 0.717) is 23.6 Å². The molecule has 0 amide bonds. The molecule has 0 radical (unpaired) electrons. The van der Waals surface area contributed by atoms with Crippen LogP contribution in [0, 0.1) is 24.2 Å². The Morgan fingerprint density at radius 2 is 2.05 bits per heavy atom. The fourth-order valence-electron chi connectivity index (χ4n) is 2.48. The Hall–Kier alpha value is -1.38.